The molecule has 3 rings (SSSR count). The fourth-order valence-corrected chi connectivity index (χ4v) is 3.33. The highest BCUT2D eigenvalue weighted by molar-refractivity contribution is 9.10. The van der Waals surface area contributed by atoms with Gasteiger partial charge in [0.25, 0.3) is 0 Å². The first kappa shape index (κ1) is 16.0. The van der Waals surface area contributed by atoms with Gasteiger partial charge in [0.1, 0.15) is 5.82 Å². The molecule has 8 heteroatoms. The topological polar surface area (TPSA) is 58.6 Å². The van der Waals surface area contributed by atoms with Gasteiger partial charge in [-0.15, -0.1) is 0 Å². The Labute approximate surface area is 147 Å². The normalized spacial score (nSPS) is 15.0. The number of anilines is 2. The first-order valence-corrected chi connectivity index (χ1v) is 8.12. The van der Waals surface area contributed by atoms with E-state index in [0.717, 1.165) is 16.0 Å². The second-order valence-corrected chi connectivity index (χ2v) is 6.27. The van der Waals surface area contributed by atoms with E-state index in [1.807, 2.05) is 4.90 Å². The zero-order chi connectivity index (χ0) is 16.4. The summed E-state index contributed by atoms with van der Waals surface area (Å²) in [6, 6.07) is 5.32. The van der Waals surface area contributed by atoms with Crippen molar-refractivity contribution in [1.29, 1.82) is 0 Å². The van der Waals surface area contributed by atoms with Crippen molar-refractivity contribution in [3.8, 4) is 5.88 Å². The van der Waals surface area contributed by atoms with Gasteiger partial charge < -0.3 is 14.5 Å². The van der Waals surface area contributed by atoms with Gasteiger partial charge in [0.2, 0.25) is 11.8 Å². The molecule has 120 valence electrons. The van der Waals surface area contributed by atoms with Gasteiger partial charge in [-0.2, -0.15) is 0 Å². The van der Waals surface area contributed by atoms with Crippen LogP contribution in [0.4, 0.5) is 11.5 Å². The minimum atomic E-state index is -0.00634. The SMILES string of the molecule is COc1cc(N2CCN(c3ncc(Cl)cc3Br)CC2=O)ccn1. The highest BCUT2D eigenvalue weighted by atomic mass is 79.9. The van der Waals surface area contributed by atoms with Crippen LogP contribution in [-0.4, -0.2) is 42.6 Å². The Hall–Kier alpha value is -1.86. The summed E-state index contributed by atoms with van der Waals surface area (Å²) in [5, 5.41) is 0.550. The van der Waals surface area contributed by atoms with E-state index >= 15 is 0 Å². The maximum atomic E-state index is 12.5. The average Bonchev–Trinajstić information content (AvgIpc) is 2.55. The number of amides is 1. The van der Waals surface area contributed by atoms with Crippen molar-refractivity contribution < 1.29 is 9.53 Å². The van der Waals surface area contributed by atoms with Crippen LogP contribution in [0, 0.1) is 0 Å². The standard InChI is InChI=1S/C15H14BrClN4O2/c1-23-13-7-11(2-3-18-13)21-5-4-20(9-14(21)22)15-12(16)6-10(17)8-19-15/h2-3,6-8H,4-5,9H2,1H3. The molecule has 0 atom stereocenters. The van der Waals surface area contributed by atoms with E-state index in [9.17, 15) is 4.79 Å². The van der Waals surface area contributed by atoms with Gasteiger partial charge in [-0.25, -0.2) is 9.97 Å². The van der Waals surface area contributed by atoms with Crippen molar-refractivity contribution in [1.82, 2.24) is 9.97 Å². The predicted octanol–water partition coefficient (Wildman–Crippen LogP) is 2.75. The zero-order valence-corrected chi connectivity index (χ0v) is 14.7. The van der Waals surface area contributed by atoms with E-state index in [1.54, 1.807) is 42.6 Å². The van der Waals surface area contributed by atoms with Gasteiger partial charge in [-0.1, -0.05) is 11.6 Å². The van der Waals surface area contributed by atoms with Crippen molar-refractivity contribution >= 4 is 44.9 Å². The monoisotopic (exact) mass is 396 g/mol. The minimum absolute atomic E-state index is 0.00634. The molecule has 3 heterocycles. The number of ether oxygens (including phenoxy) is 1. The highest BCUT2D eigenvalue weighted by Gasteiger charge is 2.27. The van der Waals surface area contributed by atoms with Gasteiger partial charge in [0, 0.05) is 31.5 Å². The number of nitrogens with zero attached hydrogens (tertiary/aromatic N) is 4. The van der Waals surface area contributed by atoms with Crippen LogP contribution in [0.1, 0.15) is 0 Å². The molecule has 0 unspecified atom stereocenters. The summed E-state index contributed by atoms with van der Waals surface area (Å²) in [7, 11) is 1.55. The Balaban J connectivity index is 1.78. The lowest BCUT2D eigenvalue weighted by Gasteiger charge is -2.35. The molecule has 1 amide bonds. The molecule has 23 heavy (non-hydrogen) atoms. The highest BCUT2D eigenvalue weighted by Crippen LogP contribution is 2.28. The molecular weight excluding hydrogens is 384 g/mol. The smallest absolute Gasteiger partial charge is 0.246 e. The van der Waals surface area contributed by atoms with Gasteiger partial charge >= 0.3 is 0 Å². The van der Waals surface area contributed by atoms with E-state index in [0.29, 0.717) is 24.0 Å². The quantitative estimate of drug-likeness (QED) is 0.797. The molecule has 6 nitrogen and oxygen atoms in total. The van der Waals surface area contributed by atoms with Gasteiger partial charge in [0.05, 0.1) is 28.8 Å². The summed E-state index contributed by atoms with van der Waals surface area (Å²) < 4.78 is 5.88. The molecule has 1 aliphatic heterocycles. The molecule has 0 aliphatic carbocycles. The number of methoxy groups -OCH3 is 1. The summed E-state index contributed by atoms with van der Waals surface area (Å²) in [4.78, 5) is 24.5. The van der Waals surface area contributed by atoms with E-state index in [2.05, 4.69) is 25.9 Å². The number of carbonyl (C=O) groups is 1. The summed E-state index contributed by atoms with van der Waals surface area (Å²) in [6.07, 6.45) is 3.21. The number of carbonyl (C=O) groups excluding carboxylic acids is 1. The molecule has 2 aromatic rings. The van der Waals surface area contributed by atoms with Crippen LogP contribution in [-0.2, 0) is 4.79 Å². The van der Waals surface area contributed by atoms with Crippen molar-refractivity contribution in [3.63, 3.8) is 0 Å². The molecule has 1 saturated heterocycles. The van der Waals surface area contributed by atoms with Gasteiger partial charge in [-0.05, 0) is 28.1 Å². The van der Waals surface area contributed by atoms with Crippen molar-refractivity contribution in [2.24, 2.45) is 0 Å². The fourth-order valence-electron chi connectivity index (χ4n) is 2.45. The number of rotatable bonds is 3. The van der Waals surface area contributed by atoms with E-state index in [4.69, 9.17) is 16.3 Å². The number of hydrogen-bond acceptors (Lipinski definition) is 5. The third kappa shape index (κ3) is 3.40. The van der Waals surface area contributed by atoms with Crippen molar-refractivity contribution in [3.05, 3.63) is 40.1 Å². The Morgan fingerprint density at radius 2 is 2.13 bits per heavy atom. The Morgan fingerprint density at radius 1 is 1.30 bits per heavy atom. The Bertz CT molecular complexity index is 743. The van der Waals surface area contributed by atoms with Crippen molar-refractivity contribution in [2.45, 2.75) is 0 Å². The molecule has 0 bridgehead atoms. The van der Waals surface area contributed by atoms with Gasteiger partial charge in [0.15, 0.2) is 0 Å². The molecule has 0 spiro atoms. The maximum absolute atomic E-state index is 12.5. The first-order valence-electron chi connectivity index (χ1n) is 6.95. The summed E-state index contributed by atoms with van der Waals surface area (Å²) in [5.74, 6) is 1.20. The molecule has 0 radical (unpaired) electrons. The second-order valence-electron chi connectivity index (χ2n) is 4.98. The average molecular weight is 398 g/mol. The Morgan fingerprint density at radius 3 is 2.83 bits per heavy atom. The molecular formula is C15H14BrClN4O2. The largest absolute Gasteiger partial charge is 0.481 e. The van der Waals surface area contributed by atoms with Crippen LogP contribution >= 0.6 is 27.5 Å². The summed E-state index contributed by atoms with van der Waals surface area (Å²) in [6.45, 7) is 1.48. The lowest BCUT2D eigenvalue weighted by molar-refractivity contribution is -0.117. The number of aromatic nitrogens is 2. The van der Waals surface area contributed by atoms with Crippen LogP contribution in [0.5, 0.6) is 5.88 Å². The van der Waals surface area contributed by atoms with E-state index < -0.39 is 0 Å². The number of halogens is 2. The van der Waals surface area contributed by atoms with Crippen LogP contribution in [0.15, 0.2) is 35.1 Å². The summed E-state index contributed by atoms with van der Waals surface area (Å²) >= 11 is 9.36. The third-order valence-electron chi connectivity index (χ3n) is 3.55. The lowest BCUT2D eigenvalue weighted by atomic mass is 10.2. The van der Waals surface area contributed by atoms with Crippen LogP contribution in [0.25, 0.3) is 0 Å². The molecule has 0 saturated carbocycles. The molecule has 1 fully saturated rings. The van der Waals surface area contributed by atoms with Crippen molar-refractivity contribution in [2.75, 3.05) is 36.5 Å². The number of piperazine rings is 1. The minimum Gasteiger partial charge on any atom is -0.481 e. The first-order chi connectivity index (χ1) is 11.1. The maximum Gasteiger partial charge on any atom is 0.246 e. The van der Waals surface area contributed by atoms with Crippen LogP contribution < -0.4 is 14.5 Å². The van der Waals surface area contributed by atoms with E-state index in [1.165, 1.54) is 0 Å². The molecule has 0 N–H and O–H groups in total. The number of pyridine rings is 2. The summed E-state index contributed by atoms with van der Waals surface area (Å²) in [5.41, 5.74) is 0.782. The molecule has 1 aliphatic rings. The van der Waals surface area contributed by atoms with Crippen LogP contribution in [0.3, 0.4) is 0 Å². The second kappa shape index (κ2) is 6.72. The lowest BCUT2D eigenvalue weighted by Crippen LogP contribution is -2.51. The zero-order valence-electron chi connectivity index (χ0n) is 12.4. The number of hydrogen-bond donors (Lipinski definition) is 0. The predicted molar refractivity (Wildman–Crippen MR) is 92.3 cm³/mol. The van der Waals surface area contributed by atoms with Gasteiger partial charge in [-0.3, -0.25) is 4.79 Å². The van der Waals surface area contributed by atoms with Crippen LogP contribution in [0.2, 0.25) is 5.02 Å². The third-order valence-corrected chi connectivity index (χ3v) is 4.34. The molecule has 0 aromatic carbocycles. The van der Waals surface area contributed by atoms with E-state index in [-0.39, 0.29) is 12.5 Å². The molecule has 2 aromatic heterocycles. The Kier molecular flexibility index (Phi) is 4.68. The fraction of sp³-hybridized carbons (Fsp3) is 0.267.